The summed E-state index contributed by atoms with van der Waals surface area (Å²) in [6.07, 6.45) is 7.33. The smallest absolute Gasteiger partial charge is 0.119 e. The fourth-order valence-electron chi connectivity index (χ4n) is 2.14. The maximum Gasteiger partial charge on any atom is 0.119 e. The molecule has 1 aromatic carbocycles. The third-order valence-corrected chi connectivity index (χ3v) is 3.28. The molecule has 0 unspecified atom stereocenters. The number of aromatic nitrogens is 2. The van der Waals surface area contributed by atoms with Crippen LogP contribution in [0.3, 0.4) is 0 Å². The zero-order valence-corrected chi connectivity index (χ0v) is 12.0. The van der Waals surface area contributed by atoms with Crippen molar-refractivity contribution in [3.8, 4) is 22.9 Å². The highest BCUT2D eigenvalue weighted by Crippen LogP contribution is 2.27. The van der Waals surface area contributed by atoms with Crippen molar-refractivity contribution < 1.29 is 4.74 Å². The van der Waals surface area contributed by atoms with E-state index in [0.29, 0.717) is 5.56 Å². The number of aryl methyl sites for hydroxylation is 1. The zero-order chi connectivity index (χ0) is 14.4. The molecule has 0 aliphatic carbocycles. The molecule has 4 nitrogen and oxygen atoms in total. The van der Waals surface area contributed by atoms with Crippen molar-refractivity contribution in [3.63, 3.8) is 0 Å². The van der Waals surface area contributed by atoms with Crippen LogP contribution in [0, 0.1) is 11.3 Å². The van der Waals surface area contributed by atoms with Crippen LogP contribution < -0.4 is 4.74 Å². The second-order valence-corrected chi connectivity index (χ2v) is 4.72. The van der Waals surface area contributed by atoms with Gasteiger partial charge in [0.05, 0.1) is 24.9 Å². The molecule has 1 aromatic heterocycles. The molecular formula is C16H19N3O. The molecule has 4 heteroatoms. The summed E-state index contributed by atoms with van der Waals surface area (Å²) in [4.78, 5) is 0. The Labute approximate surface area is 119 Å². The first-order chi connectivity index (χ1) is 9.78. The maximum atomic E-state index is 9.21. The first-order valence-electron chi connectivity index (χ1n) is 6.89. The van der Waals surface area contributed by atoms with Crippen LogP contribution in [0.25, 0.3) is 11.1 Å². The number of nitrogens with zero attached hydrogens (tertiary/aromatic N) is 3. The van der Waals surface area contributed by atoms with E-state index in [2.05, 4.69) is 18.1 Å². The molecule has 0 amide bonds. The SMILES string of the molecule is CCCCCn1cc(-c2cc(OC)ccc2C#N)cn1. The van der Waals surface area contributed by atoms with Gasteiger partial charge in [0, 0.05) is 23.9 Å². The third kappa shape index (κ3) is 3.18. The van der Waals surface area contributed by atoms with Crippen LogP contribution in [0.1, 0.15) is 31.7 Å². The molecule has 0 aliphatic heterocycles. The van der Waals surface area contributed by atoms with Crippen molar-refractivity contribution in [1.29, 1.82) is 5.26 Å². The number of nitriles is 1. The summed E-state index contributed by atoms with van der Waals surface area (Å²) in [5.74, 6) is 0.748. The van der Waals surface area contributed by atoms with Crippen molar-refractivity contribution in [3.05, 3.63) is 36.2 Å². The Morgan fingerprint density at radius 3 is 2.90 bits per heavy atom. The van der Waals surface area contributed by atoms with Gasteiger partial charge in [0.1, 0.15) is 5.75 Å². The summed E-state index contributed by atoms with van der Waals surface area (Å²) in [6.45, 7) is 3.10. The first-order valence-corrected chi connectivity index (χ1v) is 6.89. The molecule has 20 heavy (non-hydrogen) atoms. The number of unbranched alkanes of at least 4 members (excludes halogenated alkanes) is 2. The van der Waals surface area contributed by atoms with E-state index in [1.807, 2.05) is 23.1 Å². The van der Waals surface area contributed by atoms with Crippen molar-refractivity contribution in [1.82, 2.24) is 9.78 Å². The standard InChI is InChI=1S/C16H19N3O/c1-3-4-5-8-19-12-14(11-18-19)16-9-15(20-2)7-6-13(16)10-17/h6-7,9,11-12H,3-5,8H2,1-2H3. The van der Waals surface area contributed by atoms with Crippen LogP contribution in [0.5, 0.6) is 5.75 Å². The van der Waals surface area contributed by atoms with Gasteiger partial charge in [-0.3, -0.25) is 4.68 Å². The van der Waals surface area contributed by atoms with Crippen LogP contribution in [-0.2, 0) is 6.54 Å². The van der Waals surface area contributed by atoms with E-state index in [1.54, 1.807) is 19.2 Å². The summed E-state index contributed by atoms with van der Waals surface area (Å²) in [6, 6.07) is 7.67. The molecule has 2 rings (SSSR count). The molecule has 0 atom stereocenters. The predicted molar refractivity (Wildman–Crippen MR) is 78.5 cm³/mol. The second kappa shape index (κ2) is 6.76. The lowest BCUT2D eigenvalue weighted by molar-refractivity contribution is 0.415. The van der Waals surface area contributed by atoms with Crippen LogP contribution in [0.4, 0.5) is 0 Å². The van der Waals surface area contributed by atoms with Crippen molar-refractivity contribution >= 4 is 0 Å². The Balaban J connectivity index is 2.25. The average Bonchev–Trinajstić information content (AvgIpc) is 2.95. The molecule has 0 spiro atoms. The molecule has 0 saturated carbocycles. The van der Waals surface area contributed by atoms with E-state index >= 15 is 0 Å². The lowest BCUT2D eigenvalue weighted by atomic mass is 10.0. The summed E-state index contributed by atoms with van der Waals surface area (Å²) >= 11 is 0. The van der Waals surface area contributed by atoms with E-state index in [9.17, 15) is 5.26 Å². The monoisotopic (exact) mass is 269 g/mol. The Hall–Kier alpha value is -2.28. The van der Waals surface area contributed by atoms with Gasteiger partial charge in [-0.15, -0.1) is 0 Å². The zero-order valence-electron chi connectivity index (χ0n) is 12.0. The number of methoxy groups -OCH3 is 1. The quantitative estimate of drug-likeness (QED) is 0.752. The number of hydrogen-bond acceptors (Lipinski definition) is 3. The van der Waals surface area contributed by atoms with Crippen LogP contribution in [0.2, 0.25) is 0 Å². The Morgan fingerprint density at radius 2 is 2.20 bits per heavy atom. The van der Waals surface area contributed by atoms with Gasteiger partial charge >= 0.3 is 0 Å². The van der Waals surface area contributed by atoms with Crippen molar-refractivity contribution in [2.75, 3.05) is 7.11 Å². The number of rotatable bonds is 6. The predicted octanol–water partition coefficient (Wildman–Crippen LogP) is 3.62. The van der Waals surface area contributed by atoms with Gasteiger partial charge in [-0.2, -0.15) is 10.4 Å². The lowest BCUT2D eigenvalue weighted by Gasteiger charge is -2.05. The van der Waals surface area contributed by atoms with Gasteiger partial charge in [0.25, 0.3) is 0 Å². The Bertz CT molecular complexity index is 610. The fourth-order valence-corrected chi connectivity index (χ4v) is 2.14. The lowest BCUT2D eigenvalue weighted by Crippen LogP contribution is -1.97. The first kappa shape index (κ1) is 14.1. The highest BCUT2D eigenvalue weighted by molar-refractivity contribution is 5.71. The van der Waals surface area contributed by atoms with Gasteiger partial charge in [0.2, 0.25) is 0 Å². The minimum atomic E-state index is 0.638. The summed E-state index contributed by atoms with van der Waals surface area (Å²) in [5, 5.41) is 13.6. The van der Waals surface area contributed by atoms with E-state index in [4.69, 9.17) is 4.74 Å². The van der Waals surface area contributed by atoms with Gasteiger partial charge < -0.3 is 4.74 Å². The second-order valence-electron chi connectivity index (χ2n) is 4.72. The van der Waals surface area contributed by atoms with Crippen LogP contribution in [-0.4, -0.2) is 16.9 Å². The molecule has 0 saturated heterocycles. The normalized spacial score (nSPS) is 10.2. The Kier molecular flexibility index (Phi) is 4.78. The highest BCUT2D eigenvalue weighted by atomic mass is 16.5. The third-order valence-electron chi connectivity index (χ3n) is 3.28. The average molecular weight is 269 g/mol. The van der Waals surface area contributed by atoms with Gasteiger partial charge in [-0.05, 0) is 24.6 Å². The minimum absolute atomic E-state index is 0.638. The molecule has 0 radical (unpaired) electrons. The molecule has 2 aromatic rings. The molecule has 104 valence electrons. The molecule has 0 aliphatic rings. The summed E-state index contributed by atoms with van der Waals surface area (Å²) in [5.41, 5.74) is 2.46. The number of benzene rings is 1. The van der Waals surface area contributed by atoms with Crippen molar-refractivity contribution in [2.45, 2.75) is 32.7 Å². The molecule has 1 heterocycles. The largest absolute Gasteiger partial charge is 0.497 e. The highest BCUT2D eigenvalue weighted by Gasteiger charge is 2.09. The summed E-state index contributed by atoms with van der Waals surface area (Å²) < 4.78 is 7.16. The van der Waals surface area contributed by atoms with E-state index < -0.39 is 0 Å². The van der Waals surface area contributed by atoms with E-state index in [0.717, 1.165) is 29.8 Å². The van der Waals surface area contributed by atoms with E-state index in [-0.39, 0.29) is 0 Å². The molecule has 0 fully saturated rings. The fraction of sp³-hybridized carbons (Fsp3) is 0.375. The number of hydrogen-bond donors (Lipinski definition) is 0. The van der Waals surface area contributed by atoms with E-state index in [1.165, 1.54) is 12.8 Å². The Morgan fingerprint density at radius 1 is 1.35 bits per heavy atom. The van der Waals surface area contributed by atoms with Gasteiger partial charge in [-0.25, -0.2) is 0 Å². The van der Waals surface area contributed by atoms with Crippen LogP contribution >= 0.6 is 0 Å². The summed E-state index contributed by atoms with van der Waals surface area (Å²) in [7, 11) is 1.62. The number of ether oxygens (including phenoxy) is 1. The molecule has 0 N–H and O–H groups in total. The van der Waals surface area contributed by atoms with Gasteiger partial charge in [0.15, 0.2) is 0 Å². The minimum Gasteiger partial charge on any atom is -0.497 e. The topological polar surface area (TPSA) is 50.8 Å². The van der Waals surface area contributed by atoms with Crippen LogP contribution in [0.15, 0.2) is 30.6 Å². The molecule has 0 bridgehead atoms. The maximum absolute atomic E-state index is 9.21. The van der Waals surface area contributed by atoms with Crippen molar-refractivity contribution in [2.24, 2.45) is 0 Å². The molecular weight excluding hydrogens is 250 g/mol. The van der Waals surface area contributed by atoms with Gasteiger partial charge in [-0.1, -0.05) is 19.8 Å².